The van der Waals surface area contributed by atoms with Crippen LogP contribution in [0.15, 0.2) is 36.8 Å². The molecule has 2 rings (SSSR count). The maximum atomic E-state index is 11.3. The molecule has 0 aliphatic carbocycles. The lowest BCUT2D eigenvalue weighted by Crippen LogP contribution is -2.11. The second-order valence-corrected chi connectivity index (χ2v) is 3.62. The Kier molecular flexibility index (Phi) is 3.90. The van der Waals surface area contributed by atoms with Gasteiger partial charge in [-0.2, -0.15) is 5.10 Å². The van der Waals surface area contributed by atoms with E-state index in [4.69, 9.17) is 0 Å². The summed E-state index contributed by atoms with van der Waals surface area (Å²) in [4.78, 5) is 15.2. The van der Waals surface area contributed by atoms with E-state index in [1.807, 2.05) is 16.9 Å². The third kappa shape index (κ3) is 3.07. The summed E-state index contributed by atoms with van der Waals surface area (Å²) in [6, 6.07) is 5.34. The van der Waals surface area contributed by atoms with Gasteiger partial charge in [0.15, 0.2) is 0 Å². The molecule has 0 unspecified atom stereocenters. The summed E-state index contributed by atoms with van der Waals surface area (Å²) in [6.07, 6.45) is 5.21. The fourth-order valence-corrected chi connectivity index (χ4v) is 1.50. The Morgan fingerprint density at radius 3 is 3.11 bits per heavy atom. The fourth-order valence-electron chi connectivity index (χ4n) is 1.50. The molecule has 2 aromatic rings. The Morgan fingerprint density at radius 1 is 1.50 bits per heavy atom. The van der Waals surface area contributed by atoms with Gasteiger partial charge >= 0.3 is 5.97 Å². The quantitative estimate of drug-likeness (QED) is 0.802. The van der Waals surface area contributed by atoms with Crippen LogP contribution in [-0.4, -0.2) is 34.4 Å². The van der Waals surface area contributed by atoms with Crippen molar-refractivity contribution in [3.05, 3.63) is 42.5 Å². The van der Waals surface area contributed by atoms with E-state index in [-0.39, 0.29) is 0 Å². The summed E-state index contributed by atoms with van der Waals surface area (Å²) in [5.74, 6) is -0.439. The molecule has 18 heavy (non-hydrogen) atoms. The van der Waals surface area contributed by atoms with Crippen molar-refractivity contribution in [2.45, 2.75) is 6.54 Å². The largest absolute Gasteiger partial charge is 0.464 e. The van der Waals surface area contributed by atoms with Crippen molar-refractivity contribution in [1.82, 2.24) is 14.8 Å². The van der Waals surface area contributed by atoms with Crippen LogP contribution in [0.1, 0.15) is 10.5 Å². The molecule has 0 aliphatic rings. The Balaban J connectivity index is 1.91. The molecule has 2 heterocycles. The number of aromatic nitrogens is 3. The zero-order valence-corrected chi connectivity index (χ0v) is 10.0. The number of nitrogens with one attached hydrogen (secondary N) is 1. The summed E-state index contributed by atoms with van der Waals surface area (Å²) in [5.41, 5.74) is 1.12. The molecule has 0 aromatic carbocycles. The Morgan fingerprint density at radius 2 is 2.39 bits per heavy atom. The van der Waals surface area contributed by atoms with Crippen molar-refractivity contribution in [2.75, 3.05) is 19.0 Å². The number of esters is 1. The minimum atomic E-state index is -0.439. The van der Waals surface area contributed by atoms with Gasteiger partial charge in [0.05, 0.1) is 13.7 Å². The molecule has 6 heteroatoms. The van der Waals surface area contributed by atoms with Gasteiger partial charge in [0.1, 0.15) is 5.69 Å². The molecule has 0 aliphatic heterocycles. The first-order chi connectivity index (χ1) is 8.79. The minimum Gasteiger partial charge on any atom is -0.464 e. The van der Waals surface area contributed by atoms with Crippen molar-refractivity contribution >= 4 is 11.7 Å². The van der Waals surface area contributed by atoms with E-state index in [0.29, 0.717) is 12.2 Å². The van der Waals surface area contributed by atoms with Gasteiger partial charge in [-0.25, -0.2) is 9.78 Å². The number of hydrogen-bond donors (Lipinski definition) is 1. The van der Waals surface area contributed by atoms with Gasteiger partial charge in [-0.1, -0.05) is 0 Å². The molecule has 0 atom stereocenters. The van der Waals surface area contributed by atoms with E-state index in [9.17, 15) is 4.79 Å². The molecule has 2 aromatic heterocycles. The van der Waals surface area contributed by atoms with Crippen LogP contribution >= 0.6 is 0 Å². The first-order valence-corrected chi connectivity index (χ1v) is 5.55. The van der Waals surface area contributed by atoms with Crippen LogP contribution < -0.4 is 5.32 Å². The van der Waals surface area contributed by atoms with E-state index in [2.05, 4.69) is 20.1 Å². The van der Waals surface area contributed by atoms with Crippen molar-refractivity contribution < 1.29 is 9.53 Å². The highest BCUT2D eigenvalue weighted by Gasteiger charge is 2.06. The van der Waals surface area contributed by atoms with Crippen LogP contribution in [0.25, 0.3) is 0 Å². The number of rotatable bonds is 5. The number of carbonyl (C=O) groups is 1. The molecule has 0 radical (unpaired) electrons. The predicted octanol–water partition coefficient (Wildman–Crippen LogP) is 1.18. The maximum absolute atomic E-state index is 11.3. The SMILES string of the molecule is COC(=O)c1cc(NCCn2cccn2)ccn1. The summed E-state index contributed by atoms with van der Waals surface area (Å²) in [6.45, 7) is 1.47. The molecule has 0 saturated heterocycles. The maximum Gasteiger partial charge on any atom is 0.356 e. The first-order valence-electron chi connectivity index (χ1n) is 5.55. The fraction of sp³-hybridized carbons (Fsp3) is 0.250. The van der Waals surface area contributed by atoms with Crippen molar-refractivity contribution in [3.63, 3.8) is 0 Å². The third-order valence-corrected chi connectivity index (χ3v) is 2.38. The normalized spacial score (nSPS) is 10.1. The lowest BCUT2D eigenvalue weighted by Gasteiger charge is -2.07. The van der Waals surface area contributed by atoms with E-state index < -0.39 is 5.97 Å². The van der Waals surface area contributed by atoms with E-state index in [0.717, 1.165) is 12.2 Å². The number of methoxy groups -OCH3 is 1. The first kappa shape index (κ1) is 12.1. The lowest BCUT2D eigenvalue weighted by atomic mass is 10.3. The topological polar surface area (TPSA) is 69.0 Å². The van der Waals surface area contributed by atoms with Crippen molar-refractivity contribution in [3.8, 4) is 0 Å². The average molecular weight is 246 g/mol. The second-order valence-electron chi connectivity index (χ2n) is 3.62. The highest BCUT2D eigenvalue weighted by Crippen LogP contribution is 2.08. The van der Waals surface area contributed by atoms with Crippen LogP contribution in [-0.2, 0) is 11.3 Å². The van der Waals surface area contributed by atoms with Gasteiger partial charge in [0.2, 0.25) is 0 Å². The Bertz CT molecular complexity index is 511. The van der Waals surface area contributed by atoms with E-state index in [1.165, 1.54) is 7.11 Å². The molecule has 0 fully saturated rings. The zero-order valence-electron chi connectivity index (χ0n) is 10.0. The van der Waals surface area contributed by atoms with E-state index in [1.54, 1.807) is 24.5 Å². The molecular formula is C12H14N4O2. The number of anilines is 1. The van der Waals surface area contributed by atoms with E-state index >= 15 is 0 Å². The van der Waals surface area contributed by atoms with Crippen LogP contribution in [0.4, 0.5) is 5.69 Å². The summed E-state index contributed by atoms with van der Waals surface area (Å²) in [7, 11) is 1.34. The number of pyridine rings is 1. The summed E-state index contributed by atoms with van der Waals surface area (Å²) in [5, 5.41) is 7.29. The standard InChI is InChI=1S/C12H14N4O2/c1-18-12(17)11-9-10(3-5-14-11)13-6-8-16-7-2-4-15-16/h2-5,7,9H,6,8H2,1H3,(H,13,14). The zero-order chi connectivity index (χ0) is 12.8. The molecule has 94 valence electrons. The summed E-state index contributed by atoms with van der Waals surface area (Å²) < 4.78 is 6.44. The van der Waals surface area contributed by atoms with Crippen LogP contribution in [0.3, 0.4) is 0 Å². The molecule has 0 spiro atoms. The number of nitrogens with zero attached hydrogens (tertiary/aromatic N) is 3. The third-order valence-electron chi connectivity index (χ3n) is 2.38. The second kappa shape index (κ2) is 5.81. The summed E-state index contributed by atoms with van der Waals surface area (Å²) >= 11 is 0. The van der Waals surface area contributed by atoms with Gasteiger partial charge in [-0.3, -0.25) is 4.68 Å². The monoisotopic (exact) mass is 246 g/mol. The number of ether oxygens (including phenoxy) is 1. The van der Waals surface area contributed by atoms with Gasteiger partial charge < -0.3 is 10.1 Å². The van der Waals surface area contributed by atoms with Gasteiger partial charge in [0.25, 0.3) is 0 Å². The van der Waals surface area contributed by atoms with Gasteiger partial charge in [-0.15, -0.1) is 0 Å². The smallest absolute Gasteiger partial charge is 0.356 e. The molecule has 6 nitrogen and oxygen atoms in total. The molecule has 0 saturated carbocycles. The molecular weight excluding hydrogens is 232 g/mol. The minimum absolute atomic E-state index is 0.293. The number of carbonyl (C=O) groups excluding carboxylic acids is 1. The Labute approximate surface area is 105 Å². The van der Waals surface area contributed by atoms with Gasteiger partial charge in [0, 0.05) is 30.8 Å². The number of hydrogen-bond acceptors (Lipinski definition) is 5. The Hall–Kier alpha value is -2.37. The van der Waals surface area contributed by atoms with Gasteiger partial charge in [-0.05, 0) is 18.2 Å². The van der Waals surface area contributed by atoms with Crippen molar-refractivity contribution in [1.29, 1.82) is 0 Å². The highest BCUT2D eigenvalue weighted by atomic mass is 16.5. The average Bonchev–Trinajstić information content (AvgIpc) is 2.91. The highest BCUT2D eigenvalue weighted by molar-refractivity contribution is 5.88. The van der Waals surface area contributed by atoms with Crippen LogP contribution in [0.2, 0.25) is 0 Å². The molecule has 0 bridgehead atoms. The van der Waals surface area contributed by atoms with Crippen LogP contribution in [0, 0.1) is 0 Å². The molecule has 0 amide bonds. The molecule has 1 N–H and O–H groups in total. The lowest BCUT2D eigenvalue weighted by molar-refractivity contribution is 0.0594. The predicted molar refractivity (Wildman–Crippen MR) is 66.3 cm³/mol. The van der Waals surface area contributed by atoms with Crippen molar-refractivity contribution in [2.24, 2.45) is 0 Å². The van der Waals surface area contributed by atoms with Crippen LogP contribution in [0.5, 0.6) is 0 Å².